The maximum Gasteiger partial charge on any atom is 0.234 e. The Morgan fingerprint density at radius 2 is 1.95 bits per heavy atom. The second-order valence-corrected chi connectivity index (χ2v) is 12.2. The molecule has 6 rings (SSSR count). The summed E-state index contributed by atoms with van der Waals surface area (Å²) in [5, 5.41) is 3.43. The van der Waals surface area contributed by atoms with E-state index in [1.165, 1.54) is 16.3 Å². The molecule has 1 saturated carbocycles. The molecule has 2 unspecified atom stereocenters. The lowest BCUT2D eigenvalue weighted by Gasteiger charge is -2.26. The topological polar surface area (TPSA) is 79.7 Å². The number of anilines is 1. The number of morpholine rings is 1. The number of nitrogens with zero attached hydrogens (tertiary/aromatic N) is 4. The molecule has 2 saturated heterocycles. The predicted octanol–water partition coefficient (Wildman–Crippen LogP) is 3.69. The first kappa shape index (κ1) is 26.2. The number of hydrogen-bond acceptors (Lipinski definition) is 7. The lowest BCUT2D eigenvalue weighted by molar-refractivity contribution is -0.143. The quantitative estimate of drug-likeness (QED) is 0.478. The van der Waals surface area contributed by atoms with Crippen molar-refractivity contribution in [3.8, 4) is 11.3 Å². The van der Waals surface area contributed by atoms with Gasteiger partial charge in [-0.05, 0) is 30.5 Å². The van der Waals surface area contributed by atoms with Crippen LogP contribution in [0.1, 0.15) is 24.4 Å². The van der Waals surface area contributed by atoms with Crippen LogP contribution in [0.25, 0.3) is 21.5 Å². The fourth-order valence-corrected chi connectivity index (χ4v) is 7.19. The Bertz CT molecular complexity index is 1350. The normalized spacial score (nSPS) is 24.4. The number of thiophene rings is 1. The number of imide groups is 1. The summed E-state index contributed by atoms with van der Waals surface area (Å²) < 4.78 is 9.46. The van der Waals surface area contributed by atoms with Crippen molar-refractivity contribution in [3.05, 3.63) is 35.0 Å². The third-order valence-corrected chi connectivity index (χ3v) is 9.30. The van der Waals surface area contributed by atoms with Crippen molar-refractivity contribution < 1.29 is 14.3 Å². The highest BCUT2D eigenvalue weighted by Crippen LogP contribution is 2.63. The highest BCUT2D eigenvalue weighted by molar-refractivity contribution is 7.19. The lowest BCUT2D eigenvalue weighted by Crippen LogP contribution is -2.41. The Morgan fingerprint density at radius 1 is 1.22 bits per heavy atom. The van der Waals surface area contributed by atoms with Gasteiger partial charge in [0.15, 0.2) is 0 Å². The highest BCUT2D eigenvalue weighted by Gasteiger charge is 2.72. The van der Waals surface area contributed by atoms with Crippen molar-refractivity contribution in [3.63, 3.8) is 0 Å². The molecule has 5 heterocycles. The van der Waals surface area contributed by atoms with E-state index in [9.17, 15) is 9.59 Å². The zero-order valence-electron chi connectivity index (χ0n) is 21.9. The third kappa shape index (κ3) is 4.16. The first-order chi connectivity index (χ1) is 17.2. The number of carbonyl (C=O) groups excluding carboxylic acids is 2. The van der Waals surface area contributed by atoms with E-state index in [1.807, 2.05) is 26.1 Å². The van der Waals surface area contributed by atoms with Crippen molar-refractivity contribution >= 4 is 51.5 Å². The van der Waals surface area contributed by atoms with Crippen LogP contribution in [0.5, 0.6) is 0 Å². The lowest BCUT2D eigenvalue weighted by atomic mass is 10.1. The number of carbonyl (C=O) groups is 2. The van der Waals surface area contributed by atoms with Gasteiger partial charge in [-0.1, -0.05) is 13.8 Å². The van der Waals surface area contributed by atoms with Gasteiger partial charge in [0.25, 0.3) is 0 Å². The number of amides is 2. The monoisotopic (exact) mass is 543 g/mol. The van der Waals surface area contributed by atoms with Gasteiger partial charge < -0.3 is 19.5 Å². The van der Waals surface area contributed by atoms with Gasteiger partial charge in [0, 0.05) is 49.5 Å². The molecule has 0 radical (unpaired) electrons. The number of rotatable bonds is 6. The number of fused-ring (bicyclic) bond motifs is 2. The molecule has 0 spiro atoms. The van der Waals surface area contributed by atoms with Gasteiger partial charge in [0.1, 0.15) is 0 Å². The average molecular weight is 544 g/mol. The number of pyridine rings is 1. The van der Waals surface area contributed by atoms with Gasteiger partial charge >= 0.3 is 0 Å². The SMILES string of the molecule is Cc1c(N(C)C)cc(-c2ccnc3cc(CN4C(=O)C5C(C4=O)C5(C)C)sc23)n1C[C@@H]1CNCCO1.Cl. The van der Waals surface area contributed by atoms with E-state index in [4.69, 9.17) is 4.74 Å². The summed E-state index contributed by atoms with van der Waals surface area (Å²) in [6.45, 7) is 9.72. The van der Waals surface area contributed by atoms with E-state index in [2.05, 4.69) is 52.9 Å². The fraction of sp³-hybridized carbons (Fsp3) is 0.519. The van der Waals surface area contributed by atoms with E-state index < -0.39 is 0 Å². The first-order valence-corrected chi connectivity index (χ1v) is 13.4. The van der Waals surface area contributed by atoms with E-state index >= 15 is 0 Å². The Balaban J connectivity index is 0.00000280. The summed E-state index contributed by atoms with van der Waals surface area (Å²) >= 11 is 1.62. The molecule has 2 amide bonds. The van der Waals surface area contributed by atoms with Crippen LogP contribution >= 0.6 is 23.7 Å². The summed E-state index contributed by atoms with van der Waals surface area (Å²) in [5.41, 5.74) is 5.31. The average Bonchev–Trinajstić information content (AvgIpc) is 3.14. The van der Waals surface area contributed by atoms with Gasteiger partial charge in [-0.25, -0.2) is 0 Å². The van der Waals surface area contributed by atoms with E-state index in [1.54, 1.807) is 11.3 Å². The fourth-order valence-electron chi connectivity index (χ4n) is 6.07. The van der Waals surface area contributed by atoms with Gasteiger partial charge in [-0.15, -0.1) is 23.7 Å². The standard InChI is InChI=1S/C27H33N5O3S.ClH/c1-15-20(30(4)5)11-21(31(15)13-16-12-28-8-9-35-16)18-6-7-29-19-10-17(36-24(18)19)14-32-25(33)22-23(26(32)34)27(22,2)3;/h6-7,10-11,16,22-23,28H,8-9,12-14H2,1-5H3;1H/t16-,22?,23?;/m0./s1. The maximum atomic E-state index is 12.9. The second kappa shape index (κ2) is 9.38. The zero-order chi connectivity index (χ0) is 25.4. The summed E-state index contributed by atoms with van der Waals surface area (Å²) in [6.07, 6.45) is 1.95. The number of aromatic nitrogens is 2. The maximum absolute atomic E-state index is 12.9. The molecule has 1 N–H and O–H groups in total. The second-order valence-electron chi connectivity index (χ2n) is 11.0. The predicted molar refractivity (Wildman–Crippen MR) is 148 cm³/mol. The molecule has 10 heteroatoms. The summed E-state index contributed by atoms with van der Waals surface area (Å²) in [6, 6.07) is 6.33. The third-order valence-electron chi connectivity index (χ3n) is 8.16. The van der Waals surface area contributed by atoms with Crippen LogP contribution in [0, 0.1) is 24.2 Å². The molecule has 0 aromatic carbocycles. The minimum atomic E-state index is -0.190. The minimum absolute atomic E-state index is 0. The smallest absolute Gasteiger partial charge is 0.234 e. The molecule has 1 aliphatic carbocycles. The number of hydrogen-bond donors (Lipinski definition) is 1. The molecule has 198 valence electrons. The van der Waals surface area contributed by atoms with Crippen molar-refractivity contribution in [1.82, 2.24) is 19.8 Å². The Morgan fingerprint density at radius 3 is 2.59 bits per heavy atom. The van der Waals surface area contributed by atoms with Gasteiger partial charge in [0.05, 0.1) is 59.2 Å². The van der Waals surface area contributed by atoms with Crippen LogP contribution in [0.4, 0.5) is 5.69 Å². The number of halogens is 1. The van der Waals surface area contributed by atoms with Crippen molar-refractivity contribution in [2.45, 2.75) is 40.0 Å². The largest absolute Gasteiger partial charge is 0.376 e. The van der Waals surface area contributed by atoms with Crippen LogP contribution in [-0.2, 0) is 27.4 Å². The van der Waals surface area contributed by atoms with Gasteiger partial charge in [-0.2, -0.15) is 0 Å². The number of piperidine rings is 1. The highest BCUT2D eigenvalue weighted by atomic mass is 35.5. The summed E-state index contributed by atoms with van der Waals surface area (Å²) in [5.74, 6) is -0.357. The van der Waals surface area contributed by atoms with E-state index in [0.29, 0.717) is 6.54 Å². The molecule has 3 aliphatic rings. The summed E-state index contributed by atoms with van der Waals surface area (Å²) in [4.78, 5) is 35.0. The molecule has 2 aliphatic heterocycles. The number of likely N-dealkylation sites (tertiary alicyclic amines) is 1. The minimum Gasteiger partial charge on any atom is -0.376 e. The molecule has 3 aromatic heterocycles. The van der Waals surface area contributed by atoms with Crippen LogP contribution < -0.4 is 10.2 Å². The molecule has 3 aromatic rings. The number of ether oxygens (including phenoxy) is 1. The van der Waals surface area contributed by atoms with Gasteiger partial charge in [0.2, 0.25) is 11.8 Å². The van der Waals surface area contributed by atoms with Crippen molar-refractivity contribution in [2.75, 3.05) is 38.7 Å². The summed E-state index contributed by atoms with van der Waals surface area (Å²) in [7, 11) is 4.13. The molecule has 8 nitrogen and oxygen atoms in total. The molecular weight excluding hydrogens is 510 g/mol. The molecular formula is C27H34ClN5O3S. The molecule has 3 atom stereocenters. The molecule has 37 heavy (non-hydrogen) atoms. The number of nitrogens with one attached hydrogen (secondary N) is 1. The van der Waals surface area contributed by atoms with Crippen molar-refractivity contribution in [1.29, 1.82) is 0 Å². The Labute approximate surface area is 227 Å². The Hall–Kier alpha value is -2.46. The van der Waals surface area contributed by atoms with E-state index in [0.717, 1.165) is 52.6 Å². The van der Waals surface area contributed by atoms with Crippen molar-refractivity contribution in [2.24, 2.45) is 17.3 Å². The molecule has 3 fully saturated rings. The van der Waals surface area contributed by atoms with Crippen LogP contribution in [0.3, 0.4) is 0 Å². The van der Waals surface area contributed by atoms with Crippen LogP contribution in [0.15, 0.2) is 24.4 Å². The van der Waals surface area contributed by atoms with Crippen LogP contribution in [0.2, 0.25) is 0 Å². The molecule has 0 bridgehead atoms. The zero-order valence-corrected chi connectivity index (χ0v) is 23.5. The van der Waals surface area contributed by atoms with Crippen LogP contribution in [-0.4, -0.2) is 66.2 Å². The van der Waals surface area contributed by atoms with Gasteiger partial charge in [-0.3, -0.25) is 19.5 Å². The Kier molecular flexibility index (Phi) is 6.63. The first-order valence-electron chi connectivity index (χ1n) is 12.6. The van der Waals surface area contributed by atoms with E-state index in [-0.39, 0.29) is 47.6 Å².